The third kappa shape index (κ3) is 3.91. The summed E-state index contributed by atoms with van der Waals surface area (Å²) < 4.78 is 5.76. The highest BCUT2D eigenvalue weighted by molar-refractivity contribution is 5.47. The lowest BCUT2D eigenvalue weighted by Crippen LogP contribution is -2.40. The van der Waals surface area contributed by atoms with Crippen molar-refractivity contribution >= 4 is 5.82 Å². The van der Waals surface area contributed by atoms with Crippen molar-refractivity contribution in [1.82, 2.24) is 4.98 Å². The van der Waals surface area contributed by atoms with E-state index < -0.39 is 0 Å². The Kier molecular flexibility index (Phi) is 5.16. The molecule has 4 nitrogen and oxygen atoms in total. The average Bonchev–Trinajstić information content (AvgIpc) is 2.39. The Morgan fingerprint density at radius 2 is 2.42 bits per heavy atom. The Balaban J connectivity index is 2.11. The summed E-state index contributed by atoms with van der Waals surface area (Å²) in [7, 11) is 0. The Hall–Kier alpha value is -1.13. The summed E-state index contributed by atoms with van der Waals surface area (Å²) in [5, 5.41) is 0. The van der Waals surface area contributed by atoms with Crippen molar-refractivity contribution in [2.24, 2.45) is 5.73 Å². The average molecular weight is 263 g/mol. The van der Waals surface area contributed by atoms with Crippen LogP contribution in [-0.2, 0) is 11.2 Å². The van der Waals surface area contributed by atoms with E-state index in [0.29, 0.717) is 6.10 Å². The molecule has 0 aliphatic carbocycles. The molecule has 1 saturated heterocycles. The number of aromatic nitrogens is 1. The molecule has 2 heterocycles. The van der Waals surface area contributed by atoms with Gasteiger partial charge in [0, 0.05) is 31.9 Å². The monoisotopic (exact) mass is 263 g/mol. The van der Waals surface area contributed by atoms with Gasteiger partial charge >= 0.3 is 0 Å². The zero-order chi connectivity index (χ0) is 13.7. The maximum absolute atomic E-state index is 5.93. The Morgan fingerprint density at radius 3 is 3.16 bits per heavy atom. The molecule has 0 aromatic carbocycles. The smallest absolute Gasteiger partial charge is 0.131 e. The summed E-state index contributed by atoms with van der Waals surface area (Å²) in [5.74, 6) is 1.09. The van der Waals surface area contributed by atoms with E-state index >= 15 is 0 Å². The quantitative estimate of drug-likeness (QED) is 0.882. The molecule has 1 aromatic rings. The fourth-order valence-electron chi connectivity index (χ4n) is 2.72. The van der Waals surface area contributed by atoms with E-state index in [2.05, 4.69) is 22.9 Å². The van der Waals surface area contributed by atoms with Gasteiger partial charge in [-0.15, -0.1) is 0 Å². The molecular weight excluding hydrogens is 238 g/mol. The predicted molar refractivity (Wildman–Crippen MR) is 78.5 cm³/mol. The third-order valence-corrected chi connectivity index (χ3v) is 3.49. The van der Waals surface area contributed by atoms with Gasteiger partial charge in [-0.1, -0.05) is 6.07 Å². The van der Waals surface area contributed by atoms with E-state index in [1.807, 2.05) is 19.2 Å². The van der Waals surface area contributed by atoms with Crippen LogP contribution in [-0.4, -0.2) is 36.8 Å². The van der Waals surface area contributed by atoms with E-state index in [4.69, 9.17) is 10.5 Å². The molecular formula is C15H25N3O. The molecule has 2 unspecified atom stereocenters. The van der Waals surface area contributed by atoms with Gasteiger partial charge < -0.3 is 15.4 Å². The van der Waals surface area contributed by atoms with Gasteiger partial charge in [-0.3, -0.25) is 0 Å². The highest BCUT2D eigenvalue weighted by Crippen LogP contribution is 2.23. The van der Waals surface area contributed by atoms with Crippen molar-refractivity contribution in [1.29, 1.82) is 0 Å². The van der Waals surface area contributed by atoms with Crippen molar-refractivity contribution in [3.63, 3.8) is 0 Å². The van der Waals surface area contributed by atoms with Crippen molar-refractivity contribution in [3.05, 3.63) is 23.9 Å². The highest BCUT2D eigenvalue weighted by atomic mass is 16.5. The summed E-state index contributed by atoms with van der Waals surface area (Å²) >= 11 is 0. The van der Waals surface area contributed by atoms with Gasteiger partial charge in [-0.25, -0.2) is 4.98 Å². The van der Waals surface area contributed by atoms with Crippen LogP contribution < -0.4 is 10.6 Å². The lowest BCUT2D eigenvalue weighted by atomic mass is 10.0. The van der Waals surface area contributed by atoms with Crippen LogP contribution in [0.3, 0.4) is 0 Å². The van der Waals surface area contributed by atoms with Crippen LogP contribution in [0.5, 0.6) is 0 Å². The Morgan fingerprint density at radius 1 is 1.58 bits per heavy atom. The third-order valence-electron chi connectivity index (χ3n) is 3.49. The highest BCUT2D eigenvalue weighted by Gasteiger charge is 2.22. The number of hydrogen-bond acceptors (Lipinski definition) is 4. The van der Waals surface area contributed by atoms with Crippen molar-refractivity contribution in [2.75, 3.05) is 24.6 Å². The van der Waals surface area contributed by atoms with Crippen LogP contribution in [0.25, 0.3) is 0 Å². The zero-order valence-corrected chi connectivity index (χ0v) is 12.0. The van der Waals surface area contributed by atoms with Crippen LogP contribution in [0.1, 0.15) is 32.3 Å². The molecule has 0 amide bonds. The number of pyridine rings is 1. The number of nitrogens with zero attached hydrogens (tertiary/aromatic N) is 2. The first kappa shape index (κ1) is 14.3. The molecule has 4 heteroatoms. The second-order valence-electron chi connectivity index (χ2n) is 5.33. The van der Waals surface area contributed by atoms with Gasteiger partial charge in [0.05, 0.1) is 6.10 Å². The lowest BCUT2D eigenvalue weighted by Gasteiger charge is -2.34. The van der Waals surface area contributed by atoms with Gasteiger partial charge in [0.15, 0.2) is 0 Å². The fraction of sp³-hybridized carbons (Fsp3) is 0.667. The Labute approximate surface area is 116 Å². The molecule has 0 radical (unpaired) electrons. The molecule has 0 spiro atoms. The number of rotatable bonds is 5. The largest absolute Gasteiger partial charge is 0.377 e. The number of ether oxygens (including phenoxy) is 1. The summed E-state index contributed by atoms with van der Waals surface area (Å²) in [5.41, 5.74) is 7.17. The van der Waals surface area contributed by atoms with Gasteiger partial charge in [0.1, 0.15) is 5.82 Å². The minimum absolute atomic E-state index is 0.162. The molecule has 2 N–H and O–H groups in total. The minimum Gasteiger partial charge on any atom is -0.377 e. The van der Waals surface area contributed by atoms with Crippen LogP contribution in [0, 0.1) is 0 Å². The number of hydrogen-bond donors (Lipinski definition) is 1. The summed E-state index contributed by atoms with van der Waals surface area (Å²) in [6, 6.07) is 4.29. The topological polar surface area (TPSA) is 51.4 Å². The van der Waals surface area contributed by atoms with Gasteiger partial charge in [0.25, 0.3) is 0 Å². The van der Waals surface area contributed by atoms with E-state index in [1.165, 1.54) is 12.0 Å². The number of anilines is 1. The maximum Gasteiger partial charge on any atom is 0.131 e. The molecule has 0 bridgehead atoms. The first-order valence-corrected chi connectivity index (χ1v) is 7.26. The predicted octanol–water partition coefficient (Wildman–Crippen LogP) is 1.98. The standard InChI is InChI=1S/C15H25N3O/c1-3-19-14-7-5-9-18(11-14)15-13(10-12(2)16)6-4-8-17-15/h4,6,8,12,14H,3,5,7,9-11,16H2,1-2H3. The van der Waals surface area contributed by atoms with Crippen LogP contribution in [0.4, 0.5) is 5.82 Å². The van der Waals surface area contributed by atoms with Gasteiger partial charge in [-0.2, -0.15) is 0 Å². The SMILES string of the molecule is CCOC1CCCN(c2ncccc2CC(C)N)C1. The van der Waals surface area contributed by atoms with Gasteiger partial charge in [0.2, 0.25) is 0 Å². The van der Waals surface area contributed by atoms with Crippen LogP contribution in [0.15, 0.2) is 18.3 Å². The molecule has 2 rings (SSSR count). The first-order valence-electron chi connectivity index (χ1n) is 7.26. The van der Waals surface area contributed by atoms with Crippen molar-refractivity contribution < 1.29 is 4.74 Å². The molecule has 1 aliphatic heterocycles. The van der Waals surface area contributed by atoms with Crippen LogP contribution in [0.2, 0.25) is 0 Å². The summed E-state index contributed by atoms with van der Waals surface area (Å²) in [4.78, 5) is 6.91. The second kappa shape index (κ2) is 6.87. The summed E-state index contributed by atoms with van der Waals surface area (Å²) in [6.45, 7) is 6.88. The van der Waals surface area contributed by atoms with E-state index in [9.17, 15) is 0 Å². The normalized spacial score (nSPS) is 21.4. The summed E-state index contributed by atoms with van der Waals surface area (Å²) in [6.07, 6.45) is 5.39. The zero-order valence-electron chi connectivity index (χ0n) is 12.0. The van der Waals surface area contributed by atoms with E-state index in [-0.39, 0.29) is 6.04 Å². The fourth-order valence-corrected chi connectivity index (χ4v) is 2.72. The minimum atomic E-state index is 0.162. The van der Waals surface area contributed by atoms with Crippen molar-refractivity contribution in [3.8, 4) is 0 Å². The molecule has 2 atom stereocenters. The molecule has 1 fully saturated rings. The van der Waals surface area contributed by atoms with E-state index in [1.54, 1.807) is 0 Å². The maximum atomic E-state index is 5.93. The lowest BCUT2D eigenvalue weighted by molar-refractivity contribution is 0.0525. The molecule has 1 aromatic heterocycles. The number of piperidine rings is 1. The van der Waals surface area contributed by atoms with E-state index in [0.717, 1.165) is 38.4 Å². The Bertz CT molecular complexity index is 393. The van der Waals surface area contributed by atoms with Gasteiger partial charge in [-0.05, 0) is 44.7 Å². The molecule has 106 valence electrons. The van der Waals surface area contributed by atoms with Crippen molar-refractivity contribution in [2.45, 2.75) is 45.3 Å². The molecule has 0 saturated carbocycles. The second-order valence-corrected chi connectivity index (χ2v) is 5.33. The van der Waals surface area contributed by atoms with Crippen LogP contribution >= 0.6 is 0 Å². The first-order chi connectivity index (χ1) is 9.20. The molecule has 19 heavy (non-hydrogen) atoms. The number of nitrogens with two attached hydrogens (primary N) is 1. The molecule has 1 aliphatic rings.